The third-order valence-electron chi connectivity index (χ3n) is 6.61. The van der Waals surface area contributed by atoms with Crippen LogP contribution >= 0.6 is 0 Å². The van der Waals surface area contributed by atoms with Gasteiger partial charge >= 0.3 is 0 Å². The molecule has 4 atom stereocenters. The third kappa shape index (κ3) is 2.98. The first-order valence-corrected chi connectivity index (χ1v) is 9.84. The molecule has 3 aliphatic rings. The van der Waals surface area contributed by atoms with E-state index >= 15 is 0 Å². The Morgan fingerprint density at radius 3 is 2.64 bits per heavy atom. The Kier molecular flexibility index (Phi) is 4.03. The van der Waals surface area contributed by atoms with Gasteiger partial charge < -0.3 is 10.1 Å². The Morgan fingerprint density at radius 2 is 1.84 bits per heavy atom. The molecular formula is C20H28N4O. The molecule has 5 nitrogen and oxygen atoms in total. The standard InChI is InChI=1S/C20H28N4O/c25-19-10-15-12-23(11-14(15)9-18(19)24-7-3-4-8-24)13-20-21-16-5-1-2-6-17(16)22-20/h1-2,5-6,14-15,18-19,25H,3-4,7-13H2,(H,21,22)/t14-,15+,18-,19-/m1/s1. The molecule has 2 N–H and O–H groups in total. The number of benzene rings is 1. The summed E-state index contributed by atoms with van der Waals surface area (Å²) in [5, 5.41) is 10.7. The second kappa shape index (κ2) is 6.38. The zero-order chi connectivity index (χ0) is 16.8. The fourth-order valence-corrected chi connectivity index (χ4v) is 5.39. The molecule has 1 aromatic heterocycles. The summed E-state index contributed by atoms with van der Waals surface area (Å²) in [4.78, 5) is 13.3. The monoisotopic (exact) mass is 340 g/mol. The number of fused-ring (bicyclic) bond motifs is 2. The molecule has 0 unspecified atom stereocenters. The quantitative estimate of drug-likeness (QED) is 0.900. The highest BCUT2D eigenvalue weighted by Crippen LogP contribution is 2.39. The number of aromatic nitrogens is 2. The zero-order valence-corrected chi connectivity index (χ0v) is 14.8. The number of H-pyrrole nitrogens is 1. The van der Waals surface area contributed by atoms with E-state index in [0.717, 1.165) is 48.8 Å². The van der Waals surface area contributed by atoms with Crippen molar-refractivity contribution in [1.29, 1.82) is 0 Å². The second-order valence-electron chi connectivity index (χ2n) is 8.26. The van der Waals surface area contributed by atoms with E-state index in [9.17, 15) is 5.11 Å². The largest absolute Gasteiger partial charge is 0.391 e. The van der Waals surface area contributed by atoms with Crippen LogP contribution in [0.15, 0.2) is 24.3 Å². The van der Waals surface area contributed by atoms with E-state index in [1.165, 1.54) is 32.4 Å². The van der Waals surface area contributed by atoms with Gasteiger partial charge in [0.1, 0.15) is 5.82 Å². The van der Waals surface area contributed by atoms with Crippen molar-refractivity contribution in [2.45, 2.75) is 44.4 Å². The van der Waals surface area contributed by atoms with E-state index < -0.39 is 0 Å². The van der Waals surface area contributed by atoms with Crippen molar-refractivity contribution in [1.82, 2.24) is 19.8 Å². The van der Waals surface area contributed by atoms with Crippen LogP contribution in [0.5, 0.6) is 0 Å². The highest BCUT2D eigenvalue weighted by atomic mass is 16.3. The van der Waals surface area contributed by atoms with Gasteiger partial charge in [-0.15, -0.1) is 0 Å². The molecule has 1 saturated carbocycles. The van der Waals surface area contributed by atoms with Gasteiger partial charge in [-0.25, -0.2) is 4.98 Å². The first kappa shape index (κ1) is 15.8. The van der Waals surface area contributed by atoms with E-state index in [-0.39, 0.29) is 6.10 Å². The normalized spacial score (nSPS) is 34.0. The molecule has 5 rings (SSSR count). The van der Waals surface area contributed by atoms with Gasteiger partial charge in [0.15, 0.2) is 0 Å². The number of para-hydroxylation sites is 2. The number of nitrogens with one attached hydrogen (secondary N) is 1. The smallest absolute Gasteiger partial charge is 0.121 e. The van der Waals surface area contributed by atoms with E-state index in [1.54, 1.807) is 0 Å². The second-order valence-corrected chi connectivity index (χ2v) is 8.26. The van der Waals surface area contributed by atoms with Crippen molar-refractivity contribution < 1.29 is 5.11 Å². The van der Waals surface area contributed by atoms with Gasteiger partial charge in [0.05, 0.1) is 23.7 Å². The number of nitrogens with zero attached hydrogens (tertiary/aromatic N) is 3. The van der Waals surface area contributed by atoms with Crippen molar-refractivity contribution in [3.63, 3.8) is 0 Å². The molecule has 3 fully saturated rings. The third-order valence-corrected chi connectivity index (χ3v) is 6.61. The Bertz CT molecular complexity index is 705. The number of aromatic amines is 1. The summed E-state index contributed by atoms with van der Waals surface area (Å²) in [6, 6.07) is 8.64. The average Bonchev–Trinajstić information content (AvgIpc) is 3.32. The summed E-state index contributed by atoms with van der Waals surface area (Å²) in [5.74, 6) is 2.45. The van der Waals surface area contributed by atoms with E-state index in [1.807, 2.05) is 6.07 Å². The number of likely N-dealkylation sites (tertiary alicyclic amines) is 2. The van der Waals surface area contributed by atoms with E-state index in [2.05, 4.69) is 33.0 Å². The molecular weight excluding hydrogens is 312 g/mol. The minimum Gasteiger partial charge on any atom is -0.391 e. The van der Waals surface area contributed by atoms with Crippen molar-refractivity contribution in [2.75, 3.05) is 26.2 Å². The number of aliphatic hydroxyl groups is 1. The topological polar surface area (TPSA) is 55.4 Å². The highest BCUT2D eigenvalue weighted by molar-refractivity contribution is 5.74. The van der Waals surface area contributed by atoms with Crippen LogP contribution in [0.25, 0.3) is 11.0 Å². The number of imidazole rings is 1. The molecule has 2 aromatic rings. The van der Waals surface area contributed by atoms with Crippen LogP contribution in [0.2, 0.25) is 0 Å². The van der Waals surface area contributed by atoms with Gasteiger partial charge in [0, 0.05) is 19.1 Å². The van der Waals surface area contributed by atoms with Crippen molar-refractivity contribution in [2.24, 2.45) is 11.8 Å². The molecule has 2 saturated heterocycles. The maximum absolute atomic E-state index is 10.7. The lowest BCUT2D eigenvalue weighted by atomic mass is 9.77. The first-order chi connectivity index (χ1) is 12.3. The Morgan fingerprint density at radius 1 is 1.08 bits per heavy atom. The van der Waals surface area contributed by atoms with E-state index in [0.29, 0.717) is 12.0 Å². The number of aliphatic hydroxyl groups excluding tert-OH is 1. The summed E-state index contributed by atoms with van der Waals surface area (Å²) >= 11 is 0. The molecule has 0 radical (unpaired) electrons. The van der Waals surface area contributed by atoms with Crippen molar-refractivity contribution >= 4 is 11.0 Å². The minimum atomic E-state index is -0.134. The van der Waals surface area contributed by atoms with Gasteiger partial charge in [0.2, 0.25) is 0 Å². The summed E-state index contributed by atoms with van der Waals surface area (Å²) in [6.07, 6.45) is 4.61. The summed E-state index contributed by atoms with van der Waals surface area (Å²) in [5.41, 5.74) is 2.18. The van der Waals surface area contributed by atoms with Crippen LogP contribution in [0, 0.1) is 11.8 Å². The number of rotatable bonds is 3. The van der Waals surface area contributed by atoms with Crippen LogP contribution in [0.4, 0.5) is 0 Å². The molecule has 1 aliphatic carbocycles. The number of hydrogen-bond acceptors (Lipinski definition) is 4. The predicted molar refractivity (Wildman–Crippen MR) is 98.2 cm³/mol. The maximum atomic E-state index is 10.7. The molecule has 3 heterocycles. The SMILES string of the molecule is O[C@@H]1C[C@H]2CN(Cc3nc4ccccc4[nH]3)C[C@H]2C[C@H]1N1CCCC1. The fraction of sp³-hybridized carbons (Fsp3) is 0.650. The van der Waals surface area contributed by atoms with E-state index in [4.69, 9.17) is 4.98 Å². The van der Waals surface area contributed by atoms with Crippen LogP contribution in [-0.4, -0.2) is 63.2 Å². The maximum Gasteiger partial charge on any atom is 0.121 e. The molecule has 1 aromatic carbocycles. The van der Waals surface area contributed by atoms with Crippen LogP contribution in [0.3, 0.4) is 0 Å². The van der Waals surface area contributed by atoms with Crippen LogP contribution < -0.4 is 0 Å². The van der Waals surface area contributed by atoms with Gasteiger partial charge in [0.25, 0.3) is 0 Å². The van der Waals surface area contributed by atoms with Crippen LogP contribution in [0.1, 0.15) is 31.5 Å². The molecule has 0 amide bonds. The molecule has 0 spiro atoms. The molecule has 134 valence electrons. The van der Waals surface area contributed by atoms with Gasteiger partial charge in [-0.05, 0) is 62.7 Å². The average molecular weight is 340 g/mol. The lowest BCUT2D eigenvalue weighted by Crippen LogP contribution is -2.48. The fourth-order valence-electron chi connectivity index (χ4n) is 5.39. The highest BCUT2D eigenvalue weighted by Gasteiger charge is 2.43. The Labute approximate surface area is 149 Å². The molecule has 0 bridgehead atoms. The molecule has 25 heavy (non-hydrogen) atoms. The lowest BCUT2D eigenvalue weighted by molar-refractivity contribution is -0.000861. The van der Waals surface area contributed by atoms with Crippen molar-refractivity contribution in [3.8, 4) is 0 Å². The minimum absolute atomic E-state index is 0.134. The van der Waals surface area contributed by atoms with Gasteiger partial charge in [-0.2, -0.15) is 0 Å². The van der Waals surface area contributed by atoms with Crippen molar-refractivity contribution in [3.05, 3.63) is 30.1 Å². The van der Waals surface area contributed by atoms with Crippen LogP contribution in [-0.2, 0) is 6.54 Å². The Hall–Kier alpha value is -1.43. The lowest BCUT2D eigenvalue weighted by Gasteiger charge is -2.40. The summed E-state index contributed by atoms with van der Waals surface area (Å²) in [6.45, 7) is 5.51. The molecule has 5 heteroatoms. The first-order valence-electron chi connectivity index (χ1n) is 9.84. The summed E-state index contributed by atoms with van der Waals surface area (Å²) in [7, 11) is 0. The summed E-state index contributed by atoms with van der Waals surface area (Å²) < 4.78 is 0. The van der Waals surface area contributed by atoms with Gasteiger partial charge in [-0.3, -0.25) is 9.80 Å². The molecule has 2 aliphatic heterocycles. The number of hydrogen-bond donors (Lipinski definition) is 2. The predicted octanol–water partition coefficient (Wildman–Crippen LogP) is 2.23. The zero-order valence-electron chi connectivity index (χ0n) is 14.8. The van der Waals surface area contributed by atoms with Gasteiger partial charge in [-0.1, -0.05) is 12.1 Å². The Balaban J connectivity index is 1.26.